The molecule has 2 aromatic rings. The summed E-state index contributed by atoms with van der Waals surface area (Å²) >= 11 is 0. The molecule has 15 nitrogen and oxygen atoms in total. The topological polar surface area (TPSA) is 245 Å². The van der Waals surface area contributed by atoms with Gasteiger partial charge >= 0.3 is 0 Å². The van der Waals surface area contributed by atoms with E-state index in [1.165, 1.54) is 31.2 Å². The second-order valence-electron chi connectivity index (χ2n) is 10.4. The van der Waals surface area contributed by atoms with E-state index in [0.717, 1.165) is 6.07 Å². The van der Waals surface area contributed by atoms with Gasteiger partial charge in [-0.25, -0.2) is 0 Å². The summed E-state index contributed by atoms with van der Waals surface area (Å²) in [5.41, 5.74) is 0.234. The molecule has 2 saturated heterocycles. The van der Waals surface area contributed by atoms with Crippen molar-refractivity contribution in [2.24, 2.45) is 0 Å². The Hall–Kier alpha value is -3.25. The van der Waals surface area contributed by atoms with Gasteiger partial charge in [0, 0.05) is 12.1 Å². The summed E-state index contributed by atoms with van der Waals surface area (Å²) in [7, 11) is 0. The number of rotatable bonds is 6. The van der Waals surface area contributed by atoms with Crippen LogP contribution in [0.1, 0.15) is 35.4 Å². The monoisotopic (exact) mass is 596 g/mol. The van der Waals surface area contributed by atoms with Gasteiger partial charge in [0.15, 0.2) is 29.7 Å². The number of aliphatic hydroxyl groups excluding tert-OH is 6. The van der Waals surface area contributed by atoms with Crippen molar-refractivity contribution in [3.63, 3.8) is 0 Å². The molecule has 5 rings (SSSR count). The van der Waals surface area contributed by atoms with Crippen LogP contribution in [0.2, 0.25) is 0 Å². The van der Waals surface area contributed by atoms with E-state index in [9.17, 15) is 50.8 Å². The molecule has 11 atom stereocenters. The van der Waals surface area contributed by atoms with Crippen LogP contribution in [0.25, 0.3) is 0 Å². The average Bonchev–Trinajstić information content (AvgIpc) is 2.95. The number of carbonyl (C=O) groups is 1. The zero-order chi connectivity index (χ0) is 30.5. The lowest BCUT2D eigenvalue weighted by Gasteiger charge is -2.45. The lowest BCUT2D eigenvalue weighted by atomic mass is 9.95. The molecular weight excluding hydrogens is 564 g/mol. The largest absolute Gasteiger partial charge is 0.507 e. The molecule has 230 valence electrons. The van der Waals surface area contributed by atoms with E-state index >= 15 is 0 Å². The number of ketones is 1. The molecule has 0 saturated carbocycles. The molecule has 0 radical (unpaired) electrons. The molecule has 3 aliphatic heterocycles. The Morgan fingerprint density at radius 3 is 2.26 bits per heavy atom. The summed E-state index contributed by atoms with van der Waals surface area (Å²) in [5.74, 6) is -2.02. The Balaban J connectivity index is 1.42. The zero-order valence-corrected chi connectivity index (χ0v) is 22.1. The second-order valence-corrected chi connectivity index (χ2v) is 10.4. The highest BCUT2D eigenvalue weighted by atomic mass is 16.8. The number of hydrogen-bond donors (Lipinski definition) is 9. The fourth-order valence-corrected chi connectivity index (χ4v) is 5.12. The van der Waals surface area contributed by atoms with E-state index in [1.54, 1.807) is 0 Å². The molecule has 9 N–H and O–H groups in total. The van der Waals surface area contributed by atoms with Gasteiger partial charge in [0.25, 0.3) is 0 Å². The number of aliphatic hydroxyl groups is 6. The maximum Gasteiger partial charge on any atom is 0.229 e. The molecule has 15 heteroatoms. The molecule has 0 aliphatic carbocycles. The number of phenolic OH excluding ortho intramolecular Hbond substituents is 3. The van der Waals surface area contributed by atoms with E-state index < -0.39 is 91.4 Å². The Morgan fingerprint density at radius 1 is 0.833 bits per heavy atom. The average molecular weight is 597 g/mol. The van der Waals surface area contributed by atoms with Crippen LogP contribution in [0, 0.1) is 0 Å². The van der Waals surface area contributed by atoms with Gasteiger partial charge < -0.3 is 69.6 Å². The first-order chi connectivity index (χ1) is 19.9. The predicted octanol–water partition coefficient (Wildman–Crippen LogP) is -1.46. The number of hydrogen-bond acceptors (Lipinski definition) is 15. The van der Waals surface area contributed by atoms with Crippen molar-refractivity contribution in [3.8, 4) is 28.7 Å². The van der Waals surface area contributed by atoms with Crippen molar-refractivity contribution in [2.45, 2.75) is 80.9 Å². The van der Waals surface area contributed by atoms with Crippen LogP contribution >= 0.6 is 0 Å². The van der Waals surface area contributed by atoms with Gasteiger partial charge in [-0.05, 0) is 24.6 Å². The normalized spacial score (nSPS) is 36.6. The fraction of sp³-hybridized carbons (Fsp3) is 0.519. The molecule has 2 aromatic carbocycles. The van der Waals surface area contributed by atoms with Crippen molar-refractivity contribution in [1.29, 1.82) is 0 Å². The van der Waals surface area contributed by atoms with E-state index in [2.05, 4.69) is 0 Å². The highest BCUT2D eigenvalue weighted by Crippen LogP contribution is 2.43. The number of ether oxygens (including phenoxy) is 5. The predicted molar refractivity (Wildman–Crippen MR) is 136 cm³/mol. The van der Waals surface area contributed by atoms with Crippen molar-refractivity contribution in [1.82, 2.24) is 0 Å². The molecule has 0 spiro atoms. The molecule has 0 aromatic heterocycles. The lowest BCUT2D eigenvalue weighted by Crippen LogP contribution is -2.64. The first-order valence-electron chi connectivity index (χ1n) is 13.1. The molecule has 3 heterocycles. The smallest absolute Gasteiger partial charge is 0.229 e. The highest BCUT2D eigenvalue weighted by molar-refractivity contribution is 6.02. The van der Waals surface area contributed by atoms with Crippen molar-refractivity contribution in [3.05, 3.63) is 41.5 Å². The Kier molecular flexibility index (Phi) is 8.48. The Bertz CT molecular complexity index is 1300. The van der Waals surface area contributed by atoms with Crippen LogP contribution < -0.4 is 9.47 Å². The minimum Gasteiger partial charge on any atom is -0.507 e. The molecule has 2 fully saturated rings. The third-order valence-electron chi connectivity index (χ3n) is 7.52. The summed E-state index contributed by atoms with van der Waals surface area (Å²) in [6.07, 6.45) is -16.5. The molecule has 3 aliphatic rings. The van der Waals surface area contributed by atoms with Gasteiger partial charge in [-0.3, -0.25) is 4.79 Å². The van der Waals surface area contributed by atoms with Gasteiger partial charge in [0.1, 0.15) is 65.5 Å². The quantitative estimate of drug-likeness (QED) is 0.173. The van der Waals surface area contributed by atoms with Crippen molar-refractivity contribution >= 4 is 5.78 Å². The maximum atomic E-state index is 12.9. The summed E-state index contributed by atoms with van der Waals surface area (Å²) in [6.45, 7) is 0.683. The Labute approximate surface area is 238 Å². The Morgan fingerprint density at radius 2 is 1.57 bits per heavy atom. The first kappa shape index (κ1) is 30.2. The van der Waals surface area contributed by atoms with Crippen LogP contribution in [0.15, 0.2) is 30.3 Å². The van der Waals surface area contributed by atoms with Gasteiger partial charge in [-0.2, -0.15) is 0 Å². The maximum absolute atomic E-state index is 12.9. The number of carbonyl (C=O) groups excluding carboxylic acids is 1. The fourth-order valence-electron chi connectivity index (χ4n) is 5.12. The molecule has 0 unspecified atom stereocenters. The SMILES string of the molecule is C[C@H]1O[C@H](O[C@@H]2[C@@H](Oc3cc(O)c4c(c3)O[C@H](c3ccc(O)c(O)c3)CC4=O)O[C@@H](CO)[C@H](O)[C@H]2O)[C@@H](O)[C@@H](O)[C@@H]1O. The summed E-state index contributed by atoms with van der Waals surface area (Å²) in [4.78, 5) is 12.9. The van der Waals surface area contributed by atoms with Crippen LogP contribution in [0.5, 0.6) is 28.7 Å². The first-order valence-corrected chi connectivity index (χ1v) is 13.1. The van der Waals surface area contributed by atoms with Crippen molar-refractivity contribution in [2.75, 3.05) is 6.61 Å². The number of benzene rings is 2. The molecule has 42 heavy (non-hydrogen) atoms. The summed E-state index contributed by atoms with van der Waals surface area (Å²) in [6, 6.07) is 6.25. The minimum absolute atomic E-state index is 0.0941. The van der Waals surface area contributed by atoms with Crippen LogP contribution in [0.4, 0.5) is 0 Å². The van der Waals surface area contributed by atoms with E-state index in [-0.39, 0.29) is 29.2 Å². The van der Waals surface area contributed by atoms with Crippen molar-refractivity contribution < 1.29 is 74.4 Å². The van der Waals surface area contributed by atoms with Crippen LogP contribution in [-0.2, 0) is 14.2 Å². The van der Waals surface area contributed by atoms with E-state index in [0.29, 0.717) is 5.56 Å². The van der Waals surface area contributed by atoms with Gasteiger partial charge in [0.05, 0.1) is 19.1 Å². The number of aromatic hydroxyl groups is 3. The van der Waals surface area contributed by atoms with E-state index in [1.807, 2.05) is 0 Å². The third kappa shape index (κ3) is 5.58. The number of phenols is 3. The van der Waals surface area contributed by atoms with Crippen LogP contribution in [0.3, 0.4) is 0 Å². The highest BCUT2D eigenvalue weighted by Gasteiger charge is 2.51. The van der Waals surface area contributed by atoms with Gasteiger partial charge in [-0.1, -0.05) is 6.07 Å². The second kappa shape index (κ2) is 11.8. The zero-order valence-electron chi connectivity index (χ0n) is 22.1. The third-order valence-corrected chi connectivity index (χ3v) is 7.52. The lowest BCUT2D eigenvalue weighted by molar-refractivity contribution is -0.354. The minimum atomic E-state index is -1.77. The standard InChI is InChI=1S/C27H32O15/c1-9-20(33)22(35)24(37)26(38-9)42-25-23(36)21(34)18(8-28)41-27(25)39-11-5-14(31)19-15(32)7-16(40-17(19)6-11)10-2-3-12(29)13(30)4-10/h2-6,9,16,18,20-31,33-37H,7-8H2,1H3/t9-,16+,18+,20-,21+,22+,23-,24+,25+,26-,27+/m1/s1. The molecular formula is C27H32O15. The molecule has 0 bridgehead atoms. The van der Waals surface area contributed by atoms with Crippen LogP contribution in [-0.4, -0.2) is 120 Å². The van der Waals surface area contributed by atoms with Gasteiger partial charge in [-0.15, -0.1) is 0 Å². The van der Waals surface area contributed by atoms with Gasteiger partial charge in [0.2, 0.25) is 6.29 Å². The van der Waals surface area contributed by atoms with E-state index in [4.69, 9.17) is 23.7 Å². The number of Topliss-reactive ketones (excluding diaryl/α,β-unsaturated/α-hetero) is 1. The number of fused-ring (bicyclic) bond motifs is 1. The summed E-state index contributed by atoms with van der Waals surface area (Å²) in [5, 5.41) is 91.6. The summed E-state index contributed by atoms with van der Waals surface area (Å²) < 4.78 is 28.4. The molecule has 0 amide bonds.